The van der Waals surface area contributed by atoms with E-state index in [1.165, 1.54) is 24.8 Å². The summed E-state index contributed by atoms with van der Waals surface area (Å²) in [4.78, 5) is 17.8. The van der Waals surface area contributed by atoms with Crippen molar-refractivity contribution in [3.8, 4) is 0 Å². The average molecular weight is 367 g/mol. The minimum Gasteiger partial charge on any atom is -0.337 e. The van der Waals surface area contributed by atoms with Crippen LogP contribution in [0.5, 0.6) is 0 Å². The molecular weight excluding hydrogens is 336 g/mol. The van der Waals surface area contributed by atoms with Gasteiger partial charge in [-0.3, -0.25) is 9.48 Å². The Morgan fingerprint density at radius 2 is 2.00 bits per heavy atom. The van der Waals surface area contributed by atoms with Gasteiger partial charge in [0.1, 0.15) is 0 Å². The van der Waals surface area contributed by atoms with E-state index in [0.717, 1.165) is 19.5 Å². The van der Waals surface area contributed by atoms with E-state index in [9.17, 15) is 4.79 Å². The smallest absolute Gasteiger partial charge is 0.224 e. The van der Waals surface area contributed by atoms with Crippen LogP contribution in [0.4, 0.5) is 0 Å². The Labute approximate surface area is 162 Å². The summed E-state index contributed by atoms with van der Waals surface area (Å²) in [5.74, 6) is 0.667. The molecule has 0 radical (unpaired) electrons. The number of aromatic nitrogens is 2. The zero-order valence-corrected chi connectivity index (χ0v) is 16.2. The first-order valence-electron chi connectivity index (χ1n) is 10.3. The van der Waals surface area contributed by atoms with Gasteiger partial charge in [-0.1, -0.05) is 43.2 Å². The largest absolute Gasteiger partial charge is 0.337 e. The van der Waals surface area contributed by atoms with Gasteiger partial charge in [-0.2, -0.15) is 5.10 Å². The number of rotatable bonds is 4. The molecule has 144 valence electrons. The number of aryl methyl sites for hydroxylation is 1. The van der Waals surface area contributed by atoms with Gasteiger partial charge < -0.3 is 9.80 Å². The second-order valence-electron chi connectivity index (χ2n) is 7.97. The molecule has 0 unspecified atom stereocenters. The summed E-state index contributed by atoms with van der Waals surface area (Å²) < 4.78 is 1.85. The van der Waals surface area contributed by atoms with E-state index in [2.05, 4.69) is 52.3 Å². The Bertz CT molecular complexity index is 730. The molecule has 2 aromatic rings. The lowest BCUT2D eigenvalue weighted by molar-refractivity contribution is -0.133. The van der Waals surface area contributed by atoms with Crippen LogP contribution in [0.25, 0.3) is 0 Å². The van der Waals surface area contributed by atoms with Crippen molar-refractivity contribution in [3.05, 3.63) is 54.4 Å². The maximum absolute atomic E-state index is 13.1. The Kier molecular flexibility index (Phi) is 5.58. The van der Waals surface area contributed by atoms with Crippen LogP contribution in [-0.2, 0) is 11.3 Å². The lowest BCUT2D eigenvalue weighted by Crippen LogP contribution is -2.47. The topological polar surface area (TPSA) is 41.4 Å². The number of nitrogens with zero attached hydrogens (tertiary/aromatic N) is 4. The Morgan fingerprint density at radius 1 is 1.15 bits per heavy atom. The Morgan fingerprint density at radius 3 is 2.78 bits per heavy atom. The average Bonchev–Trinajstić information content (AvgIpc) is 3.32. The predicted molar refractivity (Wildman–Crippen MR) is 106 cm³/mol. The predicted octanol–water partition coefficient (Wildman–Crippen LogP) is 3.14. The number of likely N-dealkylation sites (N-methyl/N-ethyl adjacent to an activating group) is 1. The first-order valence-corrected chi connectivity index (χ1v) is 10.3. The normalized spacial score (nSPS) is 26.4. The van der Waals surface area contributed by atoms with Crippen LogP contribution in [0, 0.1) is 0 Å². The van der Waals surface area contributed by atoms with Gasteiger partial charge in [0.15, 0.2) is 0 Å². The minimum atomic E-state index is 0.271. The first-order chi connectivity index (χ1) is 13.2. The molecule has 5 heteroatoms. The van der Waals surface area contributed by atoms with Crippen molar-refractivity contribution in [1.29, 1.82) is 0 Å². The fourth-order valence-electron chi connectivity index (χ4n) is 4.95. The molecule has 27 heavy (non-hydrogen) atoms. The van der Waals surface area contributed by atoms with E-state index >= 15 is 0 Å². The zero-order chi connectivity index (χ0) is 18.6. The van der Waals surface area contributed by atoms with Crippen LogP contribution in [0.3, 0.4) is 0 Å². The van der Waals surface area contributed by atoms with Crippen molar-refractivity contribution >= 4 is 5.91 Å². The van der Waals surface area contributed by atoms with Crippen LogP contribution in [0.15, 0.2) is 48.8 Å². The van der Waals surface area contributed by atoms with Crippen LogP contribution >= 0.6 is 0 Å². The highest BCUT2D eigenvalue weighted by molar-refractivity contribution is 5.77. The van der Waals surface area contributed by atoms with Crippen molar-refractivity contribution in [1.82, 2.24) is 19.6 Å². The van der Waals surface area contributed by atoms with E-state index in [1.807, 2.05) is 16.9 Å². The lowest BCUT2D eigenvalue weighted by atomic mass is 9.87. The van der Waals surface area contributed by atoms with Gasteiger partial charge in [0, 0.05) is 49.9 Å². The summed E-state index contributed by atoms with van der Waals surface area (Å²) in [5, 5.41) is 4.24. The van der Waals surface area contributed by atoms with Crippen molar-refractivity contribution in [2.24, 2.45) is 0 Å². The highest BCUT2D eigenvalue weighted by Gasteiger charge is 2.45. The summed E-state index contributed by atoms with van der Waals surface area (Å²) in [6.45, 7) is 2.62. The summed E-state index contributed by atoms with van der Waals surface area (Å²) in [5.41, 5.74) is 1.36. The van der Waals surface area contributed by atoms with Crippen molar-refractivity contribution in [2.45, 2.75) is 56.7 Å². The number of carbonyl (C=O) groups excluding carboxylic acids is 1. The zero-order valence-electron chi connectivity index (χ0n) is 16.2. The third-order valence-corrected chi connectivity index (χ3v) is 6.28. The van der Waals surface area contributed by atoms with Crippen molar-refractivity contribution in [2.75, 3.05) is 20.1 Å². The fraction of sp³-hybridized carbons (Fsp3) is 0.545. The van der Waals surface area contributed by atoms with Gasteiger partial charge in [0.25, 0.3) is 0 Å². The van der Waals surface area contributed by atoms with Gasteiger partial charge in [0.05, 0.1) is 0 Å². The number of hydrogen-bond donors (Lipinski definition) is 0. The maximum atomic E-state index is 13.1. The molecule has 3 atom stereocenters. The number of amides is 1. The lowest BCUT2D eigenvalue weighted by Gasteiger charge is -2.37. The monoisotopic (exact) mass is 366 g/mol. The Hall–Kier alpha value is -2.14. The van der Waals surface area contributed by atoms with E-state index in [-0.39, 0.29) is 5.91 Å². The number of carbonyl (C=O) groups is 1. The molecule has 3 heterocycles. The van der Waals surface area contributed by atoms with Crippen LogP contribution in [0.2, 0.25) is 0 Å². The third kappa shape index (κ3) is 3.93. The molecule has 0 N–H and O–H groups in total. The van der Waals surface area contributed by atoms with E-state index in [4.69, 9.17) is 0 Å². The maximum Gasteiger partial charge on any atom is 0.224 e. The molecular formula is C22H30N4O. The number of hydrogen-bond acceptors (Lipinski definition) is 3. The van der Waals surface area contributed by atoms with Crippen molar-refractivity contribution in [3.63, 3.8) is 0 Å². The summed E-state index contributed by atoms with van der Waals surface area (Å²) >= 11 is 0. The van der Waals surface area contributed by atoms with E-state index in [1.54, 1.807) is 6.20 Å². The molecule has 0 bridgehead atoms. The van der Waals surface area contributed by atoms with Gasteiger partial charge >= 0.3 is 0 Å². The SMILES string of the molecule is CN1CCCCC[C@@H]2[C@@H]1[C@H](c1ccccc1)CN2C(=O)CCn1cccn1. The van der Waals surface area contributed by atoms with Gasteiger partial charge in [0.2, 0.25) is 5.91 Å². The standard InChI is InChI=1S/C22H30N4O/c1-24-14-7-3-6-11-20-22(24)19(18-9-4-2-5-10-18)17-26(20)21(27)12-16-25-15-8-13-23-25/h2,4-5,8-10,13,15,19-20,22H,3,6-7,11-12,14,16-17H2,1H3/t19-,20+,22-/m0/s1. The summed E-state index contributed by atoms with van der Waals surface area (Å²) in [6, 6.07) is 13.4. The minimum absolute atomic E-state index is 0.271. The van der Waals surface area contributed by atoms with Gasteiger partial charge in [-0.15, -0.1) is 0 Å². The molecule has 4 rings (SSSR count). The third-order valence-electron chi connectivity index (χ3n) is 6.28. The summed E-state index contributed by atoms with van der Waals surface area (Å²) in [7, 11) is 2.25. The molecule has 1 aromatic heterocycles. The molecule has 2 aliphatic heterocycles. The molecule has 1 amide bonds. The van der Waals surface area contributed by atoms with Crippen LogP contribution in [0.1, 0.15) is 43.6 Å². The highest BCUT2D eigenvalue weighted by atomic mass is 16.2. The van der Waals surface area contributed by atoms with Crippen LogP contribution < -0.4 is 0 Å². The Balaban J connectivity index is 1.56. The van der Waals surface area contributed by atoms with E-state index < -0.39 is 0 Å². The van der Waals surface area contributed by atoms with Gasteiger partial charge in [-0.05, 0) is 38.1 Å². The molecule has 0 aliphatic carbocycles. The first kappa shape index (κ1) is 18.2. The molecule has 2 saturated heterocycles. The highest BCUT2D eigenvalue weighted by Crippen LogP contribution is 2.38. The molecule has 5 nitrogen and oxygen atoms in total. The number of likely N-dealkylation sites (tertiary alicyclic amines) is 2. The van der Waals surface area contributed by atoms with Crippen LogP contribution in [-0.4, -0.2) is 57.7 Å². The fourth-order valence-corrected chi connectivity index (χ4v) is 4.95. The number of benzene rings is 1. The summed E-state index contributed by atoms with van der Waals surface area (Å²) in [6.07, 6.45) is 9.08. The molecule has 2 aliphatic rings. The van der Waals surface area contributed by atoms with Gasteiger partial charge in [-0.25, -0.2) is 0 Å². The molecule has 2 fully saturated rings. The second kappa shape index (κ2) is 8.26. The molecule has 0 saturated carbocycles. The number of fused-ring (bicyclic) bond motifs is 1. The second-order valence-corrected chi connectivity index (χ2v) is 7.97. The molecule has 1 aromatic carbocycles. The quantitative estimate of drug-likeness (QED) is 0.835. The molecule has 0 spiro atoms. The van der Waals surface area contributed by atoms with E-state index in [0.29, 0.717) is 31.0 Å². The van der Waals surface area contributed by atoms with Crippen molar-refractivity contribution < 1.29 is 4.79 Å².